The van der Waals surface area contributed by atoms with Crippen molar-refractivity contribution < 1.29 is 40.3 Å². The van der Waals surface area contributed by atoms with E-state index in [1.165, 1.54) is 12.1 Å². The molecule has 2 saturated heterocycles. The lowest BCUT2D eigenvalue weighted by molar-refractivity contribution is -0.170. The number of nitrogens with one attached hydrogen (secondary N) is 1. The molecule has 2 aromatic rings. The maximum absolute atomic E-state index is 13.3. The molecule has 1 N–H and O–H groups in total. The van der Waals surface area contributed by atoms with Gasteiger partial charge >= 0.3 is 12.4 Å². The fourth-order valence-corrected chi connectivity index (χ4v) is 5.75. The number of carbonyl (C=O) groups excluding carboxylic acids is 1. The Labute approximate surface area is 228 Å². The van der Waals surface area contributed by atoms with Gasteiger partial charge in [-0.3, -0.25) is 9.69 Å². The van der Waals surface area contributed by atoms with Crippen molar-refractivity contribution in [3.8, 4) is 0 Å². The van der Waals surface area contributed by atoms with Crippen molar-refractivity contribution in [3.05, 3.63) is 70.5 Å². The van der Waals surface area contributed by atoms with Crippen LogP contribution in [0, 0.1) is 11.7 Å². The normalized spacial score (nSPS) is 23.4. The lowest BCUT2D eigenvalue weighted by Gasteiger charge is -2.46. The average molecular weight is 575 g/mol. The second-order valence-electron chi connectivity index (χ2n) is 11.0. The predicted molar refractivity (Wildman–Crippen MR) is 135 cm³/mol. The molecular weight excluding hydrogens is 541 g/mol. The molecule has 0 aromatic heterocycles. The lowest BCUT2D eigenvalue weighted by Crippen LogP contribution is -2.58. The number of benzene rings is 2. The van der Waals surface area contributed by atoms with Gasteiger partial charge in [-0.05, 0) is 92.1 Å². The van der Waals surface area contributed by atoms with E-state index in [4.69, 9.17) is 4.74 Å². The molecule has 0 saturated carbocycles. The quantitative estimate of drug-likeness (QED) is 0.381. The smallest absolute Gasteiger partial charge is 0.363 e. The van der Waals surface area contributed by atoms with Crippen LogP contribution in [0.25, 0.3) is 0 Å². The molecule has 0 aliphatic carbocycles. The van der Waals surface area contributed by atoms with Crippen LogP contribution in [-0.2, 0) is 28.4 Å². The minimum Gasteiger partial charge on any atom is -0.363 e. The number of carbonyl (C=O) groups is 1. The summed E-state index contributed by atoms with van der Waals surface area (Å²) < 4.78 is 98.7. The second kappa shape index (κ2) is 11.7. The Hall–Kier alpha value is -2.66. The van der Waals surface area contributed by atoms with Crippen molar-refractivity contribution in [3.63, 3.8) is 0 Å². The Balaban J connectivity index is 1.37. The highest BCUT2D eigenvalue weighted by molar-refractivity contribution is 5.85. The van der Waals surface area contributed by atoms with Gasteiger partial charge in [0, 0.05) is 12.6 Å². The third-order valence-electron chi connectivity index (χ3n) is 8.19. The summed E-state index contributed by atoms with van der Waals surface area (Å²) in [6.07, 6.45) is -7.07. The highest BCUT2D eigenvalue weighted by atomic mass is 19.4. The number of amides is 1. The number of ether oxygens (including phenoxy) is 1. The first-order valence-corrected chi connectivity index (χ1v) is 13.4. The number of piperidine rings is 1. The molecule has 4 nitrogen and oxygen atoms in total. The van der Waals surface area contributed by atoms with Crippen molar-refractivity contribution in [2.45, 2.75) is 76.0 Å². The summed E-state index contributed by atoms with van der Waals surface area (Å²) in [5.74, 6) is -0.749. The van der Waals surface area contributed by atoms with Crippen molar-refractivity contribution in [1.29, 1.82) is 0 Å². The zero-order chi connectivity index (χ0) is 29.3. The Morgan fingerprint density at radius 1 is 0.975 bits per heavy atom. The van der Waals surface area contributed by atoms with Gasteiger partial charge in [0.25, 0.3) is 5.91 Å². The molecule has 11 heteroatoms. The van der Waals surface area contributed by atoms with Crippen molar-refractivity contribution in [2.24, 2.45) is 5.92 Å². The Morgan fingerprint density at radius 3 is 2.02 bits per heavy atom. The molecule has 2 aliphatic heterocycles. The van der Waals surface area contributed by atoms with Crippen molar-refractivity contribution >= 4 is 5.91 Å². The van der Waals surface area contributed by atoms with E-state index in [0.717, 1.165) is 31.5 Å². The van der Waals surface area contributed by atoms with Crippen LogP contribution in [0.2, 0.25) is 0 Å². The third kappa shape index (κ3) is 6.79. The molecule has 40 heavy (non-hydrogen) atoms. The summed E-state index contributed by atoms with van der Waals surface area (Å²) in [6.45, 7) is 5.06. The highest BCUT2D eigenvalue weighted by Crippen LogP contribution is 2.38. The van der Waals surface area contributed by atoms with E-state index < -0.39 is 41.5 Å². The zero-order valence-corrected chi connectivity index (χ0v) is 22.3. The lowest BCUT2D eigenvalue weighted by atomic mass is 9.80. The SMILES string of the molecule is CC(C)[C@]1(C(=O)NCc2cc(C(F)(F)F)cc(C(F)(F)F)c2)CC[C@@H](N2CCC(c3ccc(F)cc3)CC2)CO1. The molecule has 1 amide bonds. The van der Waals surface area contributed by atoms with E-state index in [9.17, 15) is 35.5 Å². The summed E-state index contributed by atoms with van der Waals surface area (Å²) in [5, 5.41) is 2.53. The van der Waals surface area contributed by atoms with E-state index in [1.807, 2.05) is 12.1 Å². The van der Waals surface area contributed by atoms with Crippen LogP contribution < -0.4 is 5.32 Å². The van der Waals surface area contributed by atoms with Gasteiger partial charge in [-0.15, -0.1) is 0 Å². The largest absolute Gasteiger partial charge is 0.416 e. The van der Waals surface area contributed by atoms with Gasteiger partial charge in [-0.25, -0.2) is 4.39 Å². The van der Waals surface area contributed by atoms with Crippen molar-refractivity contribution in [1.82, 2.24) is 10.2 Å². The number of nitrogens with zero attached hydrogens (tertiary/aromatic N) is 1. The molecule has 2 aliphatic rings. The Bertz CT molecular complexity index is 1130. The number of halogens is 7. The van der Waals surface area contributed by atoms with Crippen LogP contribution in [0.15, 0.2) is 42.5 Å². The molecule has 0 unspecified atom stereocenters. The van der Waals surface area contributed by atoms with Crippen LogP contribution in [0.4, 0.5) is 30.7 Å². The van der Waals surface area contributed by atoms with Crippen molar-refractivity contribution in [2.75, 3.05) is 19.7 Å². The first kappa shape index (κ1) is 30.3. The van der Waals surface area contributed by atoms with Gasteiger partial charge < -0.3 is 10.1 Å². The van der Waals surface area contributed by atoms with Gasteiger partial charge in [0.1, 0.15) is 11.4 Å². The van der Waals surface area contributed by atoms with Gasteiger partial charge in [-0.2, -0.15) is 26.3 Å². The van der Waals surface area contributed by atoms with Crippen LogP contribution in [0.1, 0.15) is 67.7 Å². The molecule has 2 fully saturated rings. The van der Waals surface area contributed by atoms with Crippen LogP contribution in [0.3, 0.4) is 0 Å². The number of rotatable bonds is 6. The standard InChI is InChI=1S/C29H33F7N2O2/c1-18(2)27(26(39)37-16-19-13-22(28(31,32)33)15-23(14-19)29(34,35)36)10-7-25(17-40-27)38-11-8-21(9-12-38)20-3-5-24(30)6-4-20/h3-6,13-15,18,21,25H,7-12,16-17H2,1-2H3,(H,37,39)/t25-,27+/m1/s1. The summed E-state index contributed by atoms with van der Waals surface area (Å²) in [4.78, 5) is 15.6. The van der Waals surface area contributed by atoms with E-state index in [0.29, 0.717) is 30.9 Å². The van der Waals surface area contributed by atoms with Crippen LogP contribution in [0.5, 0.6) is 0 Å². The maximum atomic E-state index is 13.3. The molecule has 2 aromatic carbocycles. The number of hydrogen-bond donors (Lipinski definition) is 1. The van der Waals surface area contributed by atoms with Gasteiger partial charge in [0.05, 0.1) is 17.7 Å². The average Bonchev–Trinajstić information content (AvgIpc) is 2.91. The van der Waals surface area contributed by atoms with Gasteiger partial charge in [-0.1, -0.05) is 26.0 Å². The summed E-state index contributed by atoms with van der Waals surface area (Å²) in [6, 6.07) is 7.96. The molecule has 2 atom stereocenters. The minimum absolute atomic E-state index is 0.0633. The summed E-state index contributed by atoms with van der Waals surface area (Å²) in [5.41, 5.74) is -3.28. The maximum Gasteiger partial charge on any atom is 0.416 e. The van der Waals surface area contributed by atoms with Gasteiger partial charge in [0.2, 0.25) is 0 Å². The molecule has 0 spiro atoms. The topological polar surface area (TPSA) is 41.6 Å². The fourth-order valence-electron chi connectivity index (χ4n) is 5.75. The molecular formula is C29H33F7N2O2. The Kier molecular flexibility index (Phi) is 8.85. The molecule has 4 rings (SSSR count). The third-order valence-corrected chi connectivity index (χ3v) is 8.19. The molecule has 0 radical (unpaired) electrons. The predicted octanol–water partition coefficient (Wildman–Crippen LogP) is 6.93. The molecule has 2 heterocycles. The first-order chi connectivity index (χ1) is 18.7. The number of alkyl halides is 6. The Morgan fingerprint density at radius 2 is 1.55 bits per heavy atom. The summed E-state index contributed by atoms with van der Waals surface area (Å²) in [7, 11) is 0. The van der Waals surface area contributed by atoms with Gasteiger partial charge in [0.15, 0.2) is 0 Å². The number of hydrogen-bond acceptors (Lipinski definition) is 3. The van der Waals surface area contributed by atoms with Crippen LogP contribution in [-0.4, -0.2) is 42.1 Å². The minimum atomic E-state index is -4.96. The monoisotopic (exact) mass is 574 g/mol. The van der Waals surface area contributed by atoms with E-state index in [2.05, 4.69) is 10.2 Å². The van der Waals surface area contributed by atoms with Crippen LogP contribution >= 0.6 is 0 Å². The highest BCUT2D eigenvalue weighted by Gasteiger charge is 2.47. The zero-order valence-electron chi connectivity index (χ0n) is 22.3. The summed E-state index contributed by atoms with van der Waals surface area (Å²) >= 11 is 0. The fraction of sp³-hybridized carbons (Fsp3) is 0.552. The first-order valence-electron chi connectivity index (χ1n) is 13.4. The molecule has 220 valence electrons. The number of likely N-dealkylation sites (tertiary alicyclic amines) is 1. The van der Waals surface area contributed by atoms with E-state index >= 15 is 0 Å². The molecule has 0 bridgehead atoms. The second-order valence-corrected chi connectivity index (χ2v) is 11.0. The van der Waals surface area contributed by atoms with E-state index in [1.54, 1.807) is 13.8 Å². The van der Waals surface area contributed by atoms with E-state index in [-0.39, 0.29) is 36.0 Å².